The number of esters is 3. The highest BCUT2D eigenvalue weighted by Crippen LogP contribution is 2.30. The van der Waals surface area contributed by atoms with E-state index in [0.717, 1.165) is 51.4 Å². The van der Waals surface area contributed by atoms with Crippen molar-refractivity contribution in [3.05, 3.63) is 0 Å². The molecule has 1 rings (SSSR count). The number of unbranched alkanes of at least 4 members (excludes halogenated alkanes) is 24. The van der Waals surface area contributed by atoms with Gasteiger partial charge >= 0.3 is 17.9 Å². The molecule has 264 valence electrons. The predicted octanol–water partition coefficient (Wildman–Crippen LogP) is 11.4. The van der Waals surface area contributed by atoms with Crippen LogP contribution in [-0.2, 0) is 28.6 Å². The normalized spacial score (nSPS) is 12.9. The van der Waals surface area contributed by atoms with Crippen LogP contribution in [0.3, 0.4) is 0 Å². The second-order valence-electron chi connectivity index (χ2n) is 13.7. The molecule has 1 aliphatic rings. The molecule has 0 amide bonds. The summed E-state index contributed by atoms with van der Waals surface area (Å²) in [5.41, 5.74) is 0. The fraction of sp³-hybridized carbons (Fsp3) is 0.923. The highest BCUT2D eigenvalue weighted by Gasteiger charge is 2.33. The van der Waals surface area contributed by atoms with Crippen molar-refractivity contribution >= 4 is 17.9 Å². The van der Waals surface area contributed by atoms with Crippen LogP contribution < -0.4 is 0 Å². The molecule has 0 bridgehead atoms. The summed E-state index contributed by atoms with van der Waals surface area (Å²) >= 11 is 0. The van der Waals surface area contributed by atoms with Crippen molar-refractivity contribution in [2.45, 2.75) is 213 Å². The fourth-order valence-corrected chi connectivity index (χ4v) is 5.79. The molecule has 0 aromatic rings. The van der Waals surface area contributed by atoms with Crippen molar-refractivity contribution in [3.8, 4) is 0 Å². The average Bonchev–Trinajstić information content (AvgIpc) is 3.89. The molecule has 45 heavy (non-hydrogen) atoms. The van der Waals surface area contributed by atoms with Gasteiger partial charge in [0.25, 0.3) is 0 Å². The fourth-order valence-electron chi connectivity index (χ4n) is 5.79. The van der Waals surface area contributed by atoms with Crippen LogP contribution in [0.4, 0.5) is 0 Å². The molecule has 0 N–H and O–H groups in total. The summed E-state index contributed by atoms with van der Waals surface area (Å²) in [6.07, 6.45) is 34.5. The Morgan fingerprint density at radius 1 is 0.467 bits per heavy atom. The second kappa shape index (κ2) is 31.0. The standard InChI is InChI=1S/C39H72O6/c1-3-5-7-9-11-13-15-17-19-21-23-25-27-29-37(40)43-33-36(45-39(42)35-31-32-35)34-44-38(41)30-28-26-24-22-20-18-16-14-12-10-8-6-4-2/h35-36H,3-34H2,1-2H3. The maximum absolute atomic E-state index is 12.3. The SMILES string of the molecule is CCCCCCCCCCCCCCCC(=O)OCC(COC(=O)CCCCCCCCCCCCCCC)OC(=O)C1CC1. The van der Waals surface area contributed by atoms with Crippen LogP contribution >= 0.6 is 0 Å². The van der Waals surface area contributed by atoms with Crippen molar-refractivity contribution in [3.63, 3.8) is 0 Å². The lowest BCUT2D eigenvalue weighted by Gasteiger charge is -2.18. The number of carbonyl (C=O) groups excluding carboxylic acids is 3. The lowest BCUT2D eigenvalue weighted by atomic mass is 10.0. The maximum atomic E-state index is 12.3. The molecule has 0 atom stereocenters. The summed E-state index contributed by atoms with van der Waals surface area (Å²) in [5.74, 6) is -0.886. The summed E-state index contributed by atoms with van der Waals surface area (Å²) in [6.45, 7) is 4.41. The Kier molecular flexibility index (Phi) is 28.6. The van der Waals surface area contributed by atoms with E-state index in [4.69, 9.17) is 14.2 Å². The molecular formula is C39H72O6. The Labute approximate surface area is 277 Å². The van der Waals surface area contributed by atoms with E-state index < -0.39 is 6.10 Å². The van der Waals surface area contributed by atoms with Crippen LogP contribution in [-0.4, -0.2) is 37.2 Å². The topological polar surface area (TPSA) is 78.9 Å². The summed E-state index contributed by atoms with van der Waals surface area (Å²) in [6, 6.07) is 0. The molecule has 0 aromatic carbocycles. The first-order valence-corrected chi connectivity index (χ1v) is 19.6. The van der Waals surface area contributed by atoms with Gasteiger partial charge in [0.05, 0.1) is 5.92 Å². The number of hydrogen-bond acceptors (Lipinski definition) is 6. The number of ether oxygens (including phenoxy) is 3. The second-order valence-corrected chi connectivity index (χ2v) is 13.7. The predicted molar refractivity (Wildman–Crippen MR) is 185 cm³/mol. The van der Waals surface area contributed by atoms with Gasteiger partial charge in [0.1, 0.15) is 13.2 Å². The average molecular weight is 637 g/mol. The maximum Gasteiger partial charge on any atom is 0.309 e. The largest absolute Gasteiger partial charge is 0.462 e. The van der Waals surface area contributed by atoms with Crippen LogP contribution in [0.25, 0.3) is 0 Å². The molecule has 0 aromatic heterocycles. The van der Waals surface area contributed by atoms with Gasteiger partial charge in [-0.3, -0.25) is 14.4 Å². The van der Waals surface area contributed by atoms with Crippen molar-refractivity contribution in [2.75, 3.05) is 13.2 Å². The van der Waals surface area contributed by atoms with E-state index in [0.29, 0.717) is 12.8 Å². The van der Waals surface area contributed by atoms with E-state index in [1.165, 1.54) is 128 Å². The van der Waals surface area contributed by atoms with Gasteiger partial charge in [-0.05, 0) is 25.7 Å². The van der Waals surface area contributed by atoms with Crippen LogP contribution in [0.15, 0.2) is 0 Å². The molecule has 6 nitrogen and oxygen atoms in total. The molecule has 0 heterocycles. The molecule has 6 heteroatoms. The van der Waals surface area contributed by atoms with E-state index in [-0.39, 0.29) is 37.0 Å². The van der Waals surface area contributed by atoms with Gasteiger partial charge < -0.3 is 14.2 Å². The van der Waals surface area contributed by atoms with Gasteiger partial charge in [-0.15, -0.1) is 0 Å². The molecule has 1 fully saturated rings. The summed E-state index contributed by atoms with van der Waals surface area (Å²) in [5, 5.41) is 0. The van der Waals surface area contributed by atoms with Gasteiger partial charge in [0, 0.05) is 12.8 Å². The molecular weight excluding hydrogens is 564 g/mol. The Morgan fingerprint density at radius 2 is 0.756 bits per heavy atom. The van der Waals surface area contributed by atoms with Gasteiger partial charge in [-0.2, -0.15) is 0 Å². The molecule has 0 radical (unpaired) electrons. The zero-order chi connectivity index (χ0) is 32.6. The Balaban J connectivity index is 2.05. The third-order valence-electron chi connectivity index (χ3n) is 9.02. The molecule has 0 saturated heterocycles. The molecule has 1 saturated carbocycles. The zero-order valence-electron chi connectivity index (χ0n) is 29.7. The first-order valence-electron chi connectivity index (χ1n) is 19.6. The van der Waals surface area contributed by atoms with Gasteiger partial charge in [-0.25, -0.2) is 0 Å². The van der Waals surface area contributed by atoms with Gasteiger partial charge in [0.2, 0.25) is 0 Å². The molecule has 1 aliphatic carbocycles. The van der Waals surface area contributed by atoms with Gasteiger partial charge in [0.15, 0.2) is 6.10 Å². The van der Waals surface area contributed by atoms with Crippen molar-refractivity contribution in [2.24, 2.45) is 5.92 Å². The minimum atomic E-state index is -0.732. The zero-order valence-corrected chi connectivity index (χ0v) is 29.7. The van der Waals surface area contributed by atoms with E-state index in [2.05, 4.69) is 13.8 Å². The monoisotopic (exact) mass is 637 g/mol. The van der Waals surface area contributed by atoms with Gasteiger partial charge in [-0.1, -0.05) is 168 Å². The van der Waals surface area contributed by atoms with E-state index in [9.17, 15) is 14.4 Å². The minimum Gasteiger partial charge on any atom is -0.462 e. The quantitative estimate of drug-likeness (QED) is 0.0397. The van der Waals surface area contributed by atoms with E-state index >= 15 is 0 Å². The lowest BCUT2D eigenvalue weighted by molar-refractivity contribution is -0.167. The third kappa shape index (κ3) is 28.4. The van der Waals surface area contributed by atoms with Crippen LogP contribution in [0, 0.1) is 5.92 Å². The molecule has 0 spiro atoms. The van der Waals surface area contributed by atoms with E-state index in [1.807, 2.05) is 0 Å². The summed E-state index contributed by atoms with van der Waals surface area (Å²) in [7, 11) is 0. The summed E-state index contributed by atoms with van der Waals surface area (Å²) in [4.78, 5) is 36.8. The Bertz CT molecular complexity index is 658. The minimum absolute atomic E-state index is 0.0538. The van der Waals surface area contributed by atoms with Crippen molar-refractivity contribution in [1.29, 1.82) is 0 Å². The summed E-state index contributed by atoms with van der Waals surface area (Å²) < 4.78 is 16.4. The number of carbonyl (C=O) groups is 3. The lowest BCUT2D eigenvalue weighted by Crippen LogP contribution is -2.31. The Morgan fingerprint density at radius 3 is 1.04 bits per heavy atom. The smallest absolute Gasteiger partial charge is 0.309 e. The molecule has 0 unspecified atom stereocenters. The number of hydrogen-bond donors (Lipinski definition) is 0. The third-order valence-corrected chi connectivity index (χ3v) is 9.02. The molecule has 0 aliphatic heterocycles. The highest BCUT2D eigenvalue weighted by atomic mass is 16.6. The van der Waals surface area contributed by atoms with Crippen molar-refractivity contribution < 1.29 is 28.6 Å². The van der Waals surface area contributed by atoms with Crippen LogP contribution in [0.2, 0.25) is 0 Å². The first kappa shape index (κ1) is 41.4. The number of rotatable bonds is 34. The first-order chi connectivity index (χ1) is 22.1. The van der Waals surface area contributed by atoms with Crippen molar-refractivity contribution in [1.82, 2.24) is 0 Å². The Hall–Kier alpha value is -1.59. The highest BCUT2D eigenvalue weighted by molar-refractivity contribution is 5.75. The van der Waals surface area contributed by atoms with E-state index in [1.54, 1.807) is 0 Å². The van der Waals surface area contributed by atoms with Crippen LogP contribution in [0.5, 0.6) is 0 Å². The van der Waals surface area contributed by atoms with Crippen LogP contribution in [0.1, 0.15) is 206 Å².